The van der Waals surface area contributed by atoms with Gasteiger partial charge in [0, 0.05) is 31.4 Å². The largest absolute Gasteiger partial charge is 0.326 e. The Bertz CT molecular complexity index is 928. The maximum absolute atomic E-state index is 14.0. The molecule has 28 heavy (non-hydrogen) atoms. The number of aromatic nitrogens is 3. The molecule has 0 saturated heterocycles. The van der Waals surface area contributed by atoms with E-state index in [1.165, 1.54) is 35.5 Å². The third-order valence-corrected chi connectivity index (χ3v) is 4.10. The van der Waals surface area contributed by atoms with Gasteiger partial charge in [0.05, 0.1) is 5.69 Å². The molecule has 3 rings (SSSR count). The Hall–Kier alpha value is -3.61. The van der Waals surface area contributed by atoms with Gasteiger partial charge >= 0.3 is 0 Å². The molecule has 0 radical (unpaired) electrons. The number of carbonyl (C=O) groups is 2. The smallest absolute Gasteiger partial charge is 0.246 e. The summed E-state index contributed by atoms with van der Waals surface area (Å²) in [4.78, 5) is 27.9. The van der Waals surface area contributed by atoms with Crippen LogP contribution in [0, 0.1) is 18.2 Å². The van der Waals surface area contributed by atoms with E-state index >= 15 is 0 Å². The SMILES string of the molecule is C#CCCC1(CCC(=O)Nc2ccc(F)c(NC(=O)Cn3cncn3)c2)N=N1. The first kappa shape index (κ1) is 19.2. The summed E-state index contributed by atoms with van der Waals surface area (Å²) in [5.74, 6) is 1.18. The van der Waals surface area contributed by atoms with Crippen molar-refractivity contribution in [3.63, 3.8) is 0 Å². The van der Waals surface area contributed by atoms with Gasteiger partial charge < -0.3 is 10.6 Å². The summed E-state index contributed by atoms with van der Waals surface area (Å²) in [6.07, 6.45) is 9.73. The molecule has 2 N–H and O–H groups in total. The van der Waals surface area contributed by atoms with Crippen LogP contribution in [0.3, 0.4) is 0 Å². The fraction of sp³-hybridized carbons (Fsp3) is 0.333. The van der Waals surface area contributed by atoms with Gasteiger partial charge in [0.15, 0.2) is 5.66 Å². The van der Waals surface area contributed by atoms with Crippen molar-refractivity contribution >= 4 is 23.2 Å². The molecule has 1 aromatic heterocycles. The summed E-state index contributed by atoms with van der Waals surface area (Å²) in [6.45, 7) is -0.108. The maximum Gasteiger partial charge on any atom is 0.246 e. The normalized spacial score (nSPS) is 13.6. The minimum atomic E-state index is -0.617. The minimum absolute atomic E-state index is 0.0411. The van der Waals surface area contributed by atoms with Crippen molar-refractivity contribution < 1.29 is 14.0 Å². The topological polar surface area (TPSA) is 114 Å². The van der Waals surface area contributed by atoms with Crippen LogP contribution in [0.15, 0.2) is 41.1 Å². The monoisotopic (exact) mass is 383 g/mol. The van der Waals surface area contributed by atoms with E-state index < -0.39 is 17.4 Å². The number of hydrogen-bond donors (Lipinski definition) is 2. The molecule has 1 aliphatic rings. The molecule has 9 nitrogen and oxygen atoms in total. The first-order valence-corrected chi connectivity index (χ1v) is 8.59. The van der Waals surface area contributed by atoms with E-state index in [0.29, 0.717) is 24.9 Å². The zero-order valence-electron chi connectivity index (χ0n) is 14.9. The molecular formula is C18H18FN7O2. The highest BCUT2D eigenvalue weighted by atomic mass is 19.1. The van der Waals surface area contributed by atoms with E-state index in [0.717, 1.165) is 0 Å². The lowest BCUT2D eigenvalue weighted by molar-refractivity contribution is -0.117. The number of halogens is 1. The van der Waals surface area contributed by atoms with Gasteiger partial charge in [-0.2, -0.15) is 15.3 Å². The average molecular weight is 383 g/mol. The van der Waals surface area contributed by atoms with Crippen LogP contribution < -0.4 is 10.6 Å². The number of amides is 2. The molecule has 0 spiro atoms. The zero-order chi connectivity index (χ0) is 20.0. The Morgan fingerprint density at radius 3 is 2.71 bits per heavy atom. The van der Waals surface area contributed by atoms with Crippen molar-refractivity contribution in [3.05, 3.63) is 36.7 Å². The molecule has 0 fully saturated rings. The van der Waals surface area contributed by atoms with E-state index in [4.69, 9.17) is 6.42 Å². The molecule has 0 unspecified atom stereocenters. The van der Waals surface area contributed by atoms with E-state index in [-0.39, 0.29) is 24.6 Å². The molecule has 1 aliphatic heterocycles. The minimum Gasteiger partial charge on any atom is -0.326 e. The van der Waals surface area contributed by atoms with Crippen LogP contribution in [-0.2, 0) is 16.1 Å². The molecule has 2 aromatic rings. The second kappa shape index (κ2) is 8.39. The van der Waals surface area contributed by atoms with E-state index in [1.54, 1.807) is 0 Å². The summed E-state index contributed by atoms with van der Waals surface area (Å²) in [7, 11) is 0. The Labute approximate surface area is 160 Å². The highest BCUT2D eigenvalue weighted by molar-refractivity contribution is 5.94. The van der Waals surface area contributed by atoms with Gasteiger partial charge in [-0.1, -0.05) is 0 Å². The molecule has 2 amide bonds. The first-order chi connectivity index (χ1) is 13.5. The zero-order valence-corrected chi connectivity index (χ0v) is 14.9. The second-order valence-corrected chi connectivity index (χ2v) is 6.27. The fourth-order valence-electron chi connectivity index (χ4n) is 2.56. The number of carbonyl (C=O) groups excluding carboxylic acids is 2. The van der Waals surface area contributed by atoms with Crippen LogP contribution in [0.25, 0.3) is 0 Å². The maximum atomic E-state index is 14.0. The Morgan fingerprint density at radius 1 is 1.21 bits per heavy atom. The van der Waals surface area contributed by atoms with Crippen molar-refractivity contribution in [2.24, 2.45) is 10.2 Å². The van der Waals surface area contributed by atoms with E-state index in [9.17, 15) is 14.0 Å². The Balaban J connectivity index is 1.53. The van der Waals surface area contributed by atoms with Crippen molar-refractivity contribution in [2.75, 3.05) is 10.6 Å². The van der Waals surface area contributed by atoms with Crippen LogP contribution >= 0.6 is 0 Å². The highest BCUT2D eigenvalue weighted by Gasteiger charge is 2.39. The van der Waals surface area contributed by atoms with Crippen molar-refractivity contribution in [2.45, 2.75) is 37.9 Å². The average Bonchev–Trinajstić information content (AvgIpc) is 3.26. The summed E-state index contributed by atoms with van der Waals surface area (Å²) in [6, 6.07) is 3.94. The lowest BCUT2D eigenvalue weighted by Crippen LogP contribution is -2.20. The summed E-state index contributed by atoms with van der Waals surface area (Å²) < 4.78 is 15.3. The number of benzene rings is 1. The number of nitrogens with one attached hydrogen (secondary N) is 2. The van der Waals surface area contributed by atoms with Crippen LogP contribution in [0.5, 0.6) is 0 Å². The van der Waals surface area contributed by atoms with Gasteiger partial charge in [0.25, 0.3) is 0 Å². The van der Waals surface area contributed by atoms with Gasteiger partial charge in [-0.05, 0) is 18.2 Å². The summed E-state index contributed by atoms with van der Waals surface area (Å²) in [5.41, 5.74) is -0.210. The third kappa shape index (κ3) is 5.20. The standard InChI is InChI=1S/C18H18FN7O2/c1-2-3-7-18(24-25-18)8-6-16(27)22-13-4-5-14(19)15(9-13)23-17(28)10-26-12-20-11-21-26/h1,4-5,9,11-12H,3,6-8,10H2,(H,22,27)(H,23,28). The second-order valence-electron chi connectivity index (χ2n) is 6.27. The van der Waals surface area contributed by atoms with Crippen molar-refractivity contribution in [3.8, 4) is 12.3 Å². The number of nitrogens with zero attached hydrogens (tertiary/aromatic N) is 5. The van der Waals surface area contributed by atoms with Gasteiger partial charge in [-0.15, -0.1) is 12.3 Å². The third-order valence-electron chi connectivity index (χ3n) is 4.10. The van der Waals surface area contributed by atoms with Crippen molar-refractivity contribution in [1.82, 2.24) is 14.8 Å². The van der Waals surface area contributed by atoms with Gasteiger partial charge in [0.2, 0.25) is 11.8 Å². The molecular weight excluding hydrogens is 365 g/mol. The van der Waals surface area contributed by atoms with E-state index in [2.05, 4.69) is 36.9 Å². The number of terminal acetylenes is 1. The Kier molecular flexibility index (Phi) is 5.74. The molecule has 0 aliphatic carbocycles. The molecule has 1 aromatic carbocycles. The molecule has 10 heteroatoms. The predicted molar refractivity (Wildman–Crippen MR) is 98.6 cm³/mol. The summed E-state index contributed by atoms with van der Waals surface area (Å²) in [5, 5.41) is 16.9. The predicted octanol–water partition coefficient (Wildman–Crippen LogP) is 2.35. The highest BCUT2D eigenvalue weighted by Crippen LogP contribution is 2.37. The lowest BCUT2D eigenvalue weighted by atomic mass is 10.0. The first-order valence-electron chi connectivity index (χ1n) is 8.59. The summed E-state index contributed by atoms with van der Waals surface area (Å²) >= 11 is 0. The number of rotatable bonds is 9. The molecule has 0 bridgehead atoms. The molecule has 2 heterocycles. The van der Waals surface area contributed by atoms with Gasteiger partial charge in [-0.25, -0.2) is 14.1 Å². The van der Waals surface area contributed by atoms with Crippen LogP contribution in [0.1, 0.15) is 25.7 Å². The van der Waals surface area contributed by atoms with Crippen LogP contribution in [0.4, 0.5) is 15.8 Å². The van der Waals surface area contributed by atoms with Crippen molar-refractivity contribution in [1.29, 1.82) is 0 Å². The molecule has 0 saturated carbocycles. The number of anilines is 2. The number of hydrogen-bond acceptors (Lipinski definition) is 6. The van der Waals surface area contributed by atoms with E-state index in [1.807, 2.05) is 0 Å². The molecule has 0 atom stereocenters. The molecule has 144 valence electrons. The quantitative estimate of drug-likeness (QED) is 0.647. The fourth-order valence-corrected chi connectivity index (χ4v) is 2.56. The van der Waals surface area contributed by atoms with Crippen LogP contribution in [0.2, 0.25) is 0 Å². The van der Waals surface area contributed by atoms with Crippen LogP contribution in [-0.4, -0.2) is 32.2 Å². The lowest BCUT2D eigenvalue weighted by Gasteiger charge is -2.11. The van der Waals surface area contributed by atoms with Gasteiger partial charge in [0.1, 0.15) is 25.0 Å². The van der Waals surface area contributed by atoms with Gasteiger partial charge in [-0.3, -0.25) is 9.59 Å². The Morgan fingerprint density at radius 2 is 2.04 bits per heavy atom.